The molecule has 6 rings (SSSR count). The molecule has 6 aliphatic rings. The van der Waals surface area contributed by atoms with Crippen molar-refractivity contribution in [2.45, 2.75) is 338 Å². The fraction of sp³-hybridized carbons (Fsp3) is 0.625. The summed E-state index contributed by atoms with van der Waals surface area (Å²) in [6.07, 6.45) is 60.0. The highest BCUT2D eigenvalue weighted by Crippen LogP contribution is 2.60. The summed E-state index contributed by atoms with van der Waals surface area (Å²) in [4.78, 5) is 88.9. The van der Waals surface area contributed by atoms with Gasteiger partial charge in [-0.05, 0) is 298 Å². The van der Waals surface area contributed by atoms with E-state index >= 15 is 0 Å². The van der Waals surface area contributed by atoms with Gasteiger partial charge in [0.2, 0.25) is 0 Å². The zero-order valence-electron chi connectivity index (χ0n) is 83.9. The summed E-state index contributed by atoms with van der Waals surface area (Å²) < 4.78 is 45.9. The van der Waals surface area contributed by atoms with Gasteiger partial charge in [-0.2, -0.15) is 0 Å². The Bertz CT molecular complexity index is 3790. The molecule has 14 atom stereocenters. The molecule has 0 aromatic carbocycles. The highest BCUT2D eigenvalue weighted by Gasteiger charge is 2.56. The molecule has 0 spiro atoms. The summed E-state index contributed by atoms with van der Waals surface area (Å²) in [5.41, 5.74) is 11.0. The first-order valence-electron chi connectivity index (χ1n) is 47.8. The number of hydrogen-bond donors (Lipinski definition) is 1. The molecule has 0 aliphatic heterocycles. The van der Waals surface area contributed by atoms with Crippen LogP contribution in [-0.4, -0.2) is 124 Å². The van der Waals surface area contributed by atoms with Crippen molar-refractivity contribution in [3.63, 3.8) is 0 Å². The molecule has 1 N–H and O–H groups in total. The van der Waals surface area contributed by atoms with E-state index in [0.29, 0.717) is 109 Å². The molecule has 0 heterocycles. The second kappa shape index (κ2) is 72.8. The number of esters is 8. The standard InChI is InChI=1S/C22H40O2.C19H30O2.C17H24O3.C15H20O2.C14H24O2.C14H22O2.C10H14O5.CH4/c1-4-5-6-7-8-9-10-11-12-13-14-15-16-17-18-19-20-24-22(23)21(2)3;1-15(2)9-7-10-17(5)11-8-12-18(6)13-14-21-19(20)16(3)4;1-10(2)17(18)20-7-6-19-15-9-12-8-14(15)13-5-4-11(3)16(12)13;1-8(2)15(16)17-13-7-10-6-12(13)11-5-4-9(3)14(10)11;2*1-11(2)7-6-8-13(5)9-10-16-14(15)12(3)4;1-4-9(12)14-5-8(11)6-15-10(13)7(2)3;/h11-12H,2,4-10,13-20H2,1,3H3;9,11,13H,3,7-8,10,12,14H2,1-2,4-6H3;4-5,11-16H,1,6-9H2,2-3H3;4-5,9-14H,1,6-7H2,2-3H3;7,13H,3,6,8-10H2,1-2,4-5H3;7,9H,3,6,8,10H2,1-2,4-5H3;4,8,11H,1-2,5-6H2,3H3;1H4/b12-11-;17-11+,18-13+;;;;13-9+;;. The van der Waals surface area contributed by atoms with E-state index in [-0.39, 0.29) is 68.1 Å². The van der Waals surface area contributed by atoms with E-state index in [1.165, 1.54) is 137 Å². The summed E-state index contributed by atoms with van der Waals surface area (Å²) in [6, 6.07) is 0. The minimum atomic E-state index is -1.04. The minimum absolute atomic E-state index is 0. The first-order chi connectivity index (χ1) is 61.0. The molecule has 4 saturated carbocycles. The number of aliphatic hydroxyl groups is 1. The zero-order valence-corrected chi connectivity index (χ0v) is 83.9. The Labute approximate surface area is 789 Å². The van der Waals surface area contributed by atoms with Gasteiger partial charge in [-0.15, -0.1) is 0 Å². The third-order valence-corrected chi connectivity index (χ3v) is 23.4. The molecule has 18 nitrogen and oxygen atoms in total. The van der Waals surface area contributed by atoms with E-state index in [4.69, 9.17) is 33.2 Å². The zero-order chi connectivity index (χ0) is 97.5. The second-order valence-corrected chi connectivity index (χ2v) is 37.1. The molecule has 130 heavy (non-hydrogen) atoms. The Hall–Kier alpha value is -8.74. The van der Waals surface area contributed by atoms with E-state index < -0.39 is 18.0 Å². The number of ether oxygens (including phenoxy) is 9. The molecule has 14 unspecified atom stereocenters. The quantitative estimate of drug-likeness (QED) is 0.0196. The summed E-state index contributed by atoms with van der Waals surface area (Å²) in [5, 5.41) is 9.21. The highest BCUT2D eigenvalue weighted by molar-refractivity contribution is 5.89. The van der Waals surface area contributed by atoms with Crippen LogP contribution in [0.3, 0.4) is 0 Å². The van der Waals surface area contributed by atoms with E-state index in [9.17, 15) is 43.5 Å². The fourth-order valence-electron chi connectivity index (χ4n) is 16.1. The van der Waals surface area contributed by atoms with Crippen LogP contribution in [0.2, 0.25) is 0 Å². The average molecular weight is 1810 g/mol. The van der Waals surface area contributed by atoms with Gasteiger partial charge >= 0.3 is 47.8 Å². The Balaban J connectivity index is 0. The molecule has 0 amide bonds. The first kappa shape index (κ1) is 123. The Morgan fingerprint density at radius 1 is 0.385 bits per heavy atom. The predicted octanol–water partition coefficient (Wildman–Crippen LogP) is 27.1. The second-order valence-electron chi connectivity index (χ2n) is 37.1. The molecule has 6 aliphatic carbocycles. The average Bonchev–Trinajstić information content (AvgIpc) is 1.59. The molecule has 734 valence electrons. The molecule has 18 heteroatoms. The van der Waals surface area contributed by atoms with Crippen LogP contribution in [0.15, 0.2) is 204 Å². The van der Waals surface area contributed by atoms with Crippen LogP contribution in [0.25, 0.3) is 0 Å². The van der Waals surface area contributed by atoms with Crippen LogP contribution in [0.4, 0.5) is 0 Å². The minimum Gasteiger partial charge on any atom is -0.462 e. The van der Waals surface area contributed by atoms with Crippen molar-refractivity contribution >= 4 is 47.8 Å². The lowest BCUT2D eigenvalue weighted by Gasteiger charge is -2.33. The van der Waals surface area contributed by atoms with Gasteiger partial charge in [0.25, 0.3) is 0 Å². The van der Waals surface area contributed by atoms with Gasteiger partial charge in [-0.1, -0.05) is 240 Å². The lowest BCUT2D eigenvalue weighted by atomic mass is 9.76. The summed E-state index contributed by atoms with van der Waals surface area (Å²) in [7, 11) is 0. The van der Waals surface area contributed by atoms with Crippen molar-refractivity contribution in [2.75, 3.05) is 52.9 Å². The summed E-state index contributed by atoms with van der Waals surface area (Å²) in [5.74, 6) is 5.00. The van der Waals surface area contributed by atoms with Crippen LogP contribution in [-0.2, 0) is 81.0 Å². The number of carbonyl (C=O) groups excluding carboxylic acids is 8. The van der Waals surface area contributed by atoms with E-state index in [1.54, 1.807) is 41.5 Å². The van der Waals surface area contributed by atoms with Gasteiger partial charge in [0.15, 0.2) is 0 Å². The van der Waals surface area contributed by atoms with E-state index in [1.807, 2.05) is 19.1 Å². The normalized spacial score (nSPS) is 20.4. The molecule has 0 aromatic rings. The highest BCUT2D eigenvalue weighted by atomic mass is 16.6. The van der Waals surface area contributed by atoms with Crippen molar-refractivity contribution in [3.05, 3.63) is 204 Å². The van der Waals surface area contributed by atoms with Crippen molar-refractivity contribution in [2.24, 2.45) is 65.1 Å². The maximum atomic E-state index is 11.6. The Kier molecular flexibility index (Phi) is 69.1. The fourth-order valence-corrected chi connectivity index (χ4v) is 16.1. The number of allylic oxidation sites excluding steroid dienone is 16. The smallest absolute Gasteiger partial charge is 0.333 e. The van der Waals surface area contributed by atoms with Crippen molar-refractivity contribution in [1.29, 1.82) is 0 Å². The number of carbonyl (C=O) groups is 8. The molecule has 0 aromatic heterocycles. The van der Waals surface area contributed by atoms with E-state index in [0.717, 1.165) is 119 Å². The lowest BCUT2D eigenvalue weighted by molar-refractivity contribution is -0.148. The summed E-state index contributed by atoms with van der Waals surface area (Å²) in [6.45, 7) is 69.6. The third kappa shape index (κ3) is 58.2. The van der Waals surface area contributed by atoms with Gasteiger partial charge < -0.3 is 47.7 Å². The molecule has 4 bridgehead atoms. The van der Waals surface area contributed by atoms with Gasteiger partial charge in [0, 0.05) is 51.0 Å². The van der Waals surface area contributed by atoms with Crippen molar-refractivity contribution in [1.82, 2.24) is 0 Å². The molecule has 4 fully saturated rings. The maximum Gasteiger partial charge on any atom is 0.333 e. The Morgan fingerprint density at radius 3 is 1.18 bits per heavy atom. The van der Waals surface area contributed by atoms with Crippen molar-refractivity contribution < 1.29 is 86.1 Å². The van der Waals surface area contributed by atoms with Crippen LogP contribution in [0, 0.1) is 65.1 Å². The SMILES string of the molecule is C.C=C(C)C(=O)OC/C=C(\C)CC/C=C(\C)CCC=C(C)C.C=C(C)C(=O)OC/C=C(\C)CCC=C(C)C.C=C(C)C(=O)OC1CC2CC1C1C=CC(C)C21.C=C(C)C(=O)OCCC(C)CCC=C(C)C.C=C(C)C(=O)OCCCCCCCC/C=C\CCCCCCCC.C=C(C)C(=O)OCCOC1CC2CC1C1C=CC(C)C21.C=CC(=O)OCC(O)COC(=O)C(=C)C. The van der Waals surface area contributed by atoms with Gasteiger partial charge in [-0.25, -0.2) is 38.4 Å². The van der Waals surface area contributed by atoms with Crippen molar-refractivity contribution in [3.8, 4) is 0 Å². The number of fused-ring (bicyclic) bond motifs is 10. The lowest BCUT2D eigenvalue weighted by Crippen LogP contribution is -2.33. The number of aliphatic hydroxyl groups excluding tert-OH is 1. The molecule has 0 saturated heterocycles. The number of unbranched alkanes of at least 4 members (excludes halogenated alkanes) is 12. The van der Waals surface area contributed by atoms with Gasteiger partial charge in [0.1, 0.15) is 45.2 Å². The molecular weight excluding hydrogens is 1630 g/mol. The summed E-state index contributed by atoms with van der Waals surface area (Å²) >= 11 is 0. The van der Waals surface area contributed by atoms with Crippen LogP contribution in [0.1, 0.15) is 319 Å². The first-order valence-corrected chi connectivity index (χ1v) is 47.8. The van der Waals surface area contributed by atoms with Gasteiger partial charge in [0.05, 0.1) is 25.9 Å². The van der Waals surface area contributed by atoms with Crippen LogP contribution in [0.5, 0.6) is 0 Å². The van der Waals surface area contributed by atoms with Crippen LogP contribution < -0.4 is 0 Å². The number of hydrogen-bond acceptors (Lipinski definition) is 18. The third-order valence-electron chi connectivity index (χ3n) is 23.4. The largest absolute Gasteiger partial charge is 0.462 e. The Morgan fingerprint density at radius 2 is 0.746 bits per heavy atom. The van der Waals surface area contributed by atoms with E-state index in [2.05, 4.69) is 206 Å². The van der Waals surface area contributed by atoms with Crippen LogP contribution >= 0.6 is 0 Å². The van der Waals surface area contributed by atoms with Gasteiger partial charge in [-0.3, -0.25) is 0 Å². The number of rotatable bonds is 52. The predicted molar refractivity (Wildman–Crippen MR) is 536 cm³/mol. The monoisotopic (exact) mass is 1810 g/mol. The maximum absolute atomic E-state index is 11.6. The molecule has 0 radical (unpaired) electrons. The molecular formula is C112H178O18. The topological polar surface area (TPSA) is 240 Å².